The molecule has 0 radical (unpaired) electrons. The lowest BCUT2D eigenvalue weighted by Crippen LogP contribution is -2.38. The predicted octanol–water partition coefficient (Wildman–Crippen LogP) is 3.37. The molecule has 7 nitrogen and oxygen atoms in total. The van der Waals surface area contributed by atoms with Gasteiger partial charge in [0.05, 0.1) is 5.75 Å². The number of carbonyl (C=O) groups excluding carboxylic acids is 2. The van der Waals surface area contributed by atoms with Crippen LogP contribution < -0.4 is 11.1 Å². The topological polar surface area (TPSA) is 103 Å². The van der Waals surface area contributed by atoms with Crippen LogP contribution in [0.2, 0.25) is 0 Å². The Bertz CT molecular complexity index is 1200. The van der Waals surface area contributed by atoms with Crippen LogP contribution >= 0.6 is 11.8 Å². The first kappa shape index (κ1) is 21.3. The van der Waals surface area contributed by atoms with Crippen LogP contribution in [0.4, 0.5) is 0 Å². The van der Waals surface area contributed by atoms with E-state index in [0.29, 0.717) is 16.5 Å². The molecule has 4 aromatic rings. The standard InChI is InChI=1S/C24H21N5O2S/c25-22(31)21(17-10-4-1-5-11-17)26-20(30)16-32-24-28-27-23(18-12-6-2-7-13-18)29(24)19-14-8-3-9-15-19/h1-15,21H,16H2,(H2,25,31)(H,26,30). The largest absolute Gasteiger partial charge is 0.368 e. The fraction of sp³-hybridized carbons (Fsp3) is 0.0833. The van der Waals surface area contributed by atoms with Gasteiger partial charge in [0.15, 0.2) is 11.0 Å². The first-order valence-electron chi connectivity index (χ1n) is 9.96. The van der Waals surface area contributed by atoms with Crippen molar-refractivity contribution in [3.63, 3.8) is 0 Å². The van der Waals surface area contributed by atoms with Crippen LogP contribution in [0.5, 0.6) is 0 Å². The summed E-state index contributed by atoms with van der Waals surface area (Å²) < 4.78 is 1.91. The summed E-state index contributed by atoms with van der Waals surface area (Å²) in [4.78, 5) is 24.5. The van der Waals surface area contributed by atoms with Crippen LogP contribution in [0.3, 0.4) is 0 Å². The minimum atomic E-state index is -0.892. The van der Waals surface area contributed by atoms with Gasteiger partial charge in [0.2, 0.25) is 11.8 Å². The second kappa shape index (κ2) is 9.93. The van der Waals surface area contributed by atoms with Crippen LogP contribution in [0.25, 0.3) is 17.1 Å². The van der Waals surface area contributed by atoms with Crippen molar-refractivity contribution in [1.29, 1.82) is 0 Å². The van der Waals surface area contributed by atoms with Crippen molar-refractivity contribution in [3.8, 4) is 17.1 Å². The summed E-state index contributed by atoms with van der Waals surface area (Å²) in [5.41, 5.74) is 7.94. The summed E-state index contributed by atoms with van der Waals surface area (Å²) in [6, 6.07) is 27.5. The highest BCUT2D eigenvalue weighted by atomic mass is 32.2. The summed E-state index contributed by atoms with van der Waals surface area (Å²) in [5.74, 6) is -0.213. The Labute approximate surface area is 189 Å². The smallest absolute Gasteiger partial charge is 0.244 e. The molecule has 2 amide bonds. The normalized spacial score (nSPS) is 11.6. The van der Waals surface area contributed by atoms with Gasteiger partial charge >= 0.3 is 0 Å². The zero-order valence-electron chi connectivity index (χ0n) is 17.1. The first-order chi connectivity index (χ1) is 15.6. The average molecular weight is 444 g/mol. The molecule has 1 heterocycles. The molecular formula is C24H21N5O2S. The maximum absolute atomic E-state index is 12.6. The van der Waals surface area contributed by atoms with E-state index in [1.807, 2.05) is 71.3 Å². The Balaban J connectivity index is 1.55. The molecule has 0 aliphatic rings. The van der Waals surface area contributed by atoms with E-state index in [2.05, 4.69) is 15.5 Å². The van der Waals surface area contributed by atoms with Gasteiger partial charge in [-0.2, -0.15) is 0 Å². The summed E-state index contributed by atoms with van der Waals surface area (Å²) in [5, 5.41) is 12.0. The number of primary amides is 1. The summed E-state index contributed by atoms with van der Waals surface area (Å²) >= 11 is 1.24. The Kier molecular flexibility index (Phi) is 6.62. The molecule has 3 aromatic carbocycles. The molecule has 0 saturated heterocycles. The van der Waals surface area contributed by atoms with E-state index in [9.17, 15) is 9.59 Å². The van der Waals surface area contributed by atoms with Crippen molar-refractivity contribution >= 4 is 23.6 Å². The molecule has 0 spiro atoms. The van der Waals surface area contributed by atoms with Gasteiger partial charge in [-0.3, -0.25) is 14.2 Å². The molecule has 8 heteroatoms. The fourth-order valence-electron chi connectivity index (χ4n) is 3.24. The number of rotatable bonds is 8. The highest BCUT2D eigenvalue weighted by Crippen LogP contribution is 2.27. The first-order valence-corrected chi connectivity index (χ1v) is 10.9. The number of nitrogens with zero attached hydrogens (tertiary/aromatic N) is 3. The summed E-state index contributed by atoms with van der Waals surface area (Å²) in [6.07, 6.45) is 0. The van der Waals surface area contributed by atoms with E-state index in [1.54, 1.807) is 24.3 Å². The summed E-state index contributed by atoms with van der Waals surface area (Å²) in [6.45, 7) is 0. The van der Waals surface area contributed by atoms with Gasteiger partial charge in [0.25, 0.3) is 0 Å². The third kappa shape index (κ3) is 4.87. The van der Waals surface area contributed by atoms with E-state index < -0.39 is 11.9 Å². The Hall–Kier alpha value is -3.91. The highest BCUT2D eigenvalue weighted by molar-refractivity contribution is 7.99. The molecule has 1 aromatic heterocycles. The van der Waals surface area contributed by atoms with Crippen LogP contribution in [-0.4, -0.2) is 32.3 Å². The molecule has 0 saturated carbocycles. The number of benzene rings is 3. The molecule has 160 valence electrons. The molecule has 0 aliphatic carbocycles. The molecule has 1 unspecified atom stereocenters. The van der Waals surface area contributed by atoms with Crippen molar-refractivity contribution in [1.82, 2.24) is 20.1 Å². The van der Waals surface area contributed by atoms with Crippen molar-refractivity contribution in [2.75, 3.05) is 5.75 Å². The van der Waals surface area contributed by atoms with Crippen molar-refractivity contribution < 1.29 is 9.59 Å². The van der Waals surface area contributed by atoms with Crippen molar-refractivity contribution in [3.05, 3.63) is 96.6 Å². The minimum absolute atomic E-state index is 0.0520. The van der Waals surface area contributed by atoms with Gasteiger partial charge in [-0.05, 0) is 17.7 Å². The van der Waals surface area contributed by atoms with Gasteiger partial charge < -0.3 is 11.1 Å². The number of para-hydroxylation sites is 1. The number of carbonyl (C=O) groups is 2. The van der Waals surface area contributed by atoms with Crippen LogP contribution in [0.1, 0.15) is 11.6 Å². The molecular weight excluding hydrogens is 422 g/mol. The molecule has 32 heavy (non-hydrogen) atoms. The number of nitrogens with two attached hydrogens (primary N) is 1. The third-order valence-corrected chi connectivity index (χ3v) is 5.66. The highest BCUT2D eigenvalue weighted by Gasteiger charge is 2.21. The lowest BCUT2D eigenvalue weighted by Gasteiger charge is -2.16. The SMILES string of the molecule is NC(=O)C(NC(=O)CSc1nnc(-c2ccccc2)n1-c1ccccc1)c1ccccc1. The van der Waals surface area contributed by atoms with Crippen LogP contribution in [0.15, 0.2) is 96.2 Å². The zero-order chi connectivity index (χ0) is 22.3. The second-order valence-corrected chi connectivity index (χ2v) is 7.89. The predicted molar refractivity (Wildman–Crippen MR) is 124 cm³/mol. The molecule has 1 atom stereocenters. The lowest BCUT2D eigenvalue weighted by molar-refractivity contribution is -0.126. The van der Waals surface area contributed by atoms with E-state index in [0.717, 1.165) is 11.3 Å². The lowest BCUT2D eigenvalue weighted by atomic mass is 10.1. The van der Waals surface area contributed by atoms with Crippen LogP contribution in [-0.2, 0) is 9.59 Å². The zero-order valence-corrected chi connectivity index (χ0v) is 17.9. The average Bonchev–Trinajstić information content (AvgIpc) is 3.27. The molecule has 4 rings (SSSR count). The molecule has 0 bridgehead atoms. The Morgan fingerprint density at radius 3 is 2.09 bits per heavy atom. The number of aromatic nitrogens is 3. The van der Waals surface area contributed by atoms with Crippen molar-refractivity contribution in [2.45, 2.75) is 11.2 Å². The van der Waals surface area contributed by atoms with Gasteiger partial charge in [-0.15, -0.1) is 10.2 Å². The van der Waals surface area contributed by atoms with E-state index in [1.165, 1.54) is 11.8 Å². The third-order valence-electron chi connectivity index (χ3n) is 4.73. The fourth-order valence-corrected chi connectivity index (χ4v) is 4.01. The minimum Gasteiger partial charge on any atom is -0.368 e. The monoisotopic (exact) mass is 443 g/mol. The van der Waals surface area contributed by atoms with Gasteiger partial charge in [-0.1, -0.05) is 90.6 Å². The Morgan fingerprint density at radius 2 is 1.47 bits per heavy atom. The maximum Gasteiger partial charge on any atom is 0.244 e. The number of nitrogens with one attached hydrogen (secondary N) is 1. The number of amides is 2. The number of hydrogen-bond donors (Lipinski definition) is 2. The molecule has 0 aliphatic heterocycles. The van der Waals surface area contributed by atoms with Crippen molar-refractivity contribution in [2.24, 2.45) is 5.73 Å². The van der Waals surface area contributed by atoms with E-state index in [-0.39, 0.29) is 11.7 Å². The molecule has 0 fully saturated rings. The maximum atomic E-state index is 12.6. The van der Waals surface area contributed by atoms with Gasteiger partial charge in [0, 0.05) is 11.3 Å². The van der Waals surface area contributed by atoms with Gasteiger partial charge in [0.1, 0.15) is 6.04 Å². The number of hydrogen-bond acceptors (Lipinski definition) is 5. The Morgan fingerprint density at radius 1 is 0.875 bits per heavy atom. The quantitative estimate of drug-likeness (QED) is 0.407. The van der Waals surface area contributed by atoms with Gasteiger partial charge in [-0.25, -0.2) is 0 Å². The van der Waals surface area contributed by atoms with Crippen LogP contribution in [0, 0.1) is 0 Å². The summed E-state index contributed by atoms with van der Waals surface area (Å²) in [7, 11) is 0. The molecule has 3 N–H and O–H groups in total. The van der Waals surface area contributed by atoms with E-state index >= 15 is 0 Å². The number of thioether (sulfide) groups is 1. The second-order valence-electron chi connectivity index (χ2n) is 6.95. The van der Waals surface area contributed by atoms with E-state index in [4.69, 9.17) is 5.73 Å².